The lowest BCUT2D eigenvalue weighted by Gasteiger charge is -2.10. The molecule has 0 saturated heterocycles. The van der Waals surface area contributed by atoms with E-state index in [-0.39, 0.29) is 0 Å². The van der Waals surface area contributed by atoms with Crippen LogP contribution < -0.4 is 0 Å². The van der Waals surface area contributed by atoms with Crippen molar-refractivity contribution >= 4 is 17.1 Å². The van der Waals surface area contributed by atoms with Gasteiger partial charge >= 0.3 is 0 Å². The number of rotatable bonds is 4. The predicted molar refractivity (Wildman–Crippen MR) is 51.5 cm³/mol. The summed E-state index contributed by atoms with van der Waals surface area (Å²) in [6.07, 6.45) is 2.56. The van der Waals surface area contributed by atoms with E-state index in [1.807, 2.05) is 6.92 Å². The van der Waals surface area contributed by atoms with Crippen molar-refractivity contribution in [2.24, 2.45) is 11.8 Å². The van der Waals surface area contributed by atoms with Gasteiger partial charge in [-0.15, -0.1) is 0 Å². The fourth-order valence-corrected chi connectivity index (χ4v) is 0.904. The molecule has 0 unspecified atom stereocenters. The Hall–Kier alpha value is 0.0900. The average Bonchev–Trinajstić information content (AvgIpc) is 1.82. The Morgan fingerprint density at radius 1 is 1.20 bits per heavy atom. The van der Waals surface area contributed by atoms with Gasteiger partial charge in [-0.05, 0) is 30.0 Å². The van der Waals surface area contributed by atoms with Crippen LogP contribution in [-0.4, -0.2) is 4.86 Å². The third-order valence-electron chi connectivity index (χ3n) is 1.87. The molecule has 0 aromatic carbocycles. The van der Waals surface area contributed by atoms with Crippen LogP contribution in [-0.2, 0) is 0 Å². The summed E-state index contributed by atoms with van der Waals surface area (Å²) < 4.78 is 0. The highest BCUT2D eigenvalue weighted by atomic mass is 32.1. The predicted octanol–water partition coefficient (Wildman–Crippen LogP) is 3.45. The molecule has 0 aromatic heterocycles. The molecule has 0 bridgehead atoms. The fraction of sp³-hybridized carbons (Fsp3) is 0.889. The molecule has 1 atom stereocenters. The van der Waals surface area contributed by atoms with Gasteiger partial charge in [-0.3, -0.25) is 0 Å². The minimum Gasteiger partial charge on any atom is -0.0897 e. The maximum absolute atomic E-state index is 5.07. The molecule has 0 saturated carbocycles. The first-order valence-corrected chi connectivity index (χ1v) is 4.45. The molecule has 0 nitrogen and oxygen atoms in total. The smallest absolute Gasteiger partial charge is 0.00743 e. The highest BCUT2D eigenvalue weighted by Crippen LogP contribution is 2.12. The van der Waals surface area contributed by atoms with Crippen molar-refractivity contribution in [2.75, 3.05) is 0 Å². The van der Waals surface area contributed by atoms with Crippen molar-refractivity contribution in [3.63, 3.8) is 0 Å². The van der Waals surface area contributed by atoms with E-state index in [1.165, 1.54) is 12.8 Å². The van der Waals surface area contributed by atoms with Crippen LogP contribution in [0.2, 0.25) is 0 Å². The van der Waals surface area contributed by atoms with Gasteiger partial charge in [-0.2, -0.15) is 0 Å². The Morgan fingerprint density at radius 3 is 2.00 bits per heavy atom. The molecule has 0 amide bonds. The van der Waals surface area contributed by atoms with Crippen molar-refractivity contribution in [2.45, 2.75) is 40.5 Å². The number of thiocarbonyl (C=S) groups is 1. The van der Waals surface area contributed by atoms with E-state index in [4.69, 9.17) is 12.2 Å². The standard InChI is InChI=1S/C9H18S/c1-7(2)5-6-8(3)9(4)10/h7-8H,5-6H2,1-4H3/t8-/m1/s1. The van der Waals surface area contributed by atoms with Crippen molar-refractivity contribution in [3.05, 3.63) is 0 Å². The third-order valence-corrected chi connectivity index (χ3v) is 2.27. The summed E-state index contributed by atoms with van der Waals surface area (Å²) in [7, 11) is 0. The maximum Gasteiger partial charge on any atom is -0.00743 e. The Morgan fingerprint density at radius 2 is 1.70 bits per heavy atom. The van der Waals surface area contributed by atoms with Crippen LogP contribution in [0.3, 0.4) is 0 Å². The van der Waals surface area contributed by atoms with Gasteiger partial charge in [0, 0.05) is 0 Å². The highest BCUT2D eigenvalue weighted by Gasteiger charge is 2.04. The largest absolute Gasteiger partial charge is 0.0897 e. The lowest BCUT2D eigenvalue weighted by atomic mass is 9.97. The molecule has 0 heterocycles. The van der Waals surface area contributed by atoms with E-state index in [9.17, 15) is 0 Å². The van der Waals surface area contributed by atoms with E-state index in [2.05, 4.69) is 20.8 Å². The lowest BCUT2D eigenvalue weighted by Crippen LogP contribution is -2.05. The van der Waals surface area contributed by atoms with E-state index in [1.54, 1.807) is 0 Å². The second-order valence-electron chi connectivity index (χ2n) is 3.48. The third kappa shape index (κ3) is 4.92. The summed E-state index contributed by atoms with van der Waals surface area (Å²) in [5.41, 5.74) is 0. The molecule has 0 radical (unpaired) electrons. The van der Waals surface area contributed by atoms with Gasteiger partial charge in [-0.1, -0.05) is 39.4 Å². The van der Waals surface area contributed by atoms with Gasteiger partial charge < -0.3 is 0 Å². The summed E-state index contributed by atoms with van der Waals surface area (Å²) in [6.45, 7) is 8.77. The van der Waals surface area contributed by atoms with Gasteiger partial charge in [0.25, 0.3) is 0 Å². The van der Waals surface area contributed by atoms with Gasteiger partial charge in [0.1, 0.15) is 0 Å². The summed E-state index contributed by atoms with van der Waals surface area (Å²) in [6, 6.07) is 0. The van der Waals surface area contributed by atoms with Crippen LogP contribution in [0.15, 0.2) is 0 Å². The summed E-state index contributed by atoms with van der Waals surface area (Å²) in [5, 5.41) is 0. The van der Waals surface area contributed by atoms with Crippen molar-refractivity contribution in [1.82, 2.24) is 0 Å². The molecular formula is C9H18S. The quantitative estimate of drug-likeness (QED) is 0.565. The van der Waals surface area contributed by atoms with Crippen molar-refractivity contribution < 1.29 is 0 Å². The van der Waals surface area contributed by atoms with Crippen LogP contribution in [0, 0.1) is 11.8 Å². The average molecular weight is 158 g/mol. The molecule has 0 aromatic rings. The Bertz CT molecular complexity index is 105. The first-order valence-electron chi connectivity index (χ1n) is 4.04. The molecule has 0 aliphatic carbocycles. The monoisotopic (exact) mass is 158 g/mol. The van der Waals surface area contributed by atoms with Gasteiger partial charge in [0.05, 0.1) is 0 Å². The first-order chi connectivity index (χ1) is 4.54. The van der Waals surface area contributed by atoms with Gasteiger partial charge in [0.15, 0.2) is 0 Å². The molecule has 10 heavy (non-hydrogen) atoms. The zero-order chi connectivity index (χ0) is 8.15. The highest BCUT2D eigenvalue weighted by molar-refractivity contribution is 7.80. The summed E-state index contributed by atoms with van der Waals surface area (Å²) >= 11 is 5.07. The molecule has 0 N–H and O–H groups in total. The fourth-order valence-electron chi connectivity index (χ4n) is 0.787. The second-order valence-corrected chi connectivity index (χ2v) is 4.13. The molecule has 0 aliphatic heterocycles. The minimum atomic E-state index is 0.636. The Balaban J connectivity index is 3.40. The summed E-state index contributed by atoms with van der Waals surface area (Å²) in [4.78, 5) is 1.15. The molecule has 0 rings (SSSR count). The van der Waals surface area contributed by atoms with Crippen LogP contribution in [0.4, 0.5) is 0 Å². The minimum absolute atomic E-state index is 0.636. The molecule has 0 fully saturated rings. The SMILES string of the molecule is CC(=S)[C@H](C)CCC(C)C. The Kier molecular flexibility index (Phi) is 4.88. The maximum atomic E-state index is 5.07. The van der Waals surface area contributed by atoms with E-state index >= 15 is 0 Å². The molecule has 1 heteroatoms. The molecule has 0 aliphatic rings. The number of hydrogen-bond acceptors (Lipinski definition) is 1. The van der Waals surface area contributed by atoms with Gasteiger partial charge in [0.2, 0.25) is 0 Å². The molecular weight excluding hydrogens is 140 g/mol. The van der Waals surface area contributed by atoms with E-state index in [0.717, 1.165) is 10.8 Å². The van der Waals surface area contributed by atoms with Gasteiger partial charge in [-0.25, -0.2) is 0 Å². The van der Waals surface area contributed by atoms with Crippen LogP contribution in [0.1, 0.15) is 40.5 Å². The van der Waals surface area contributed by atoms with Crippen LogP contribution >= 0.6 is 12.2 Å². The topological polar surface area (TPSA) is 0 Å². The van der Waals surface area contributed by atoms with E-state index in [0.29, 0.717) is 5.92 Å². The molecule has 0 spiro atoms. The van der Waals surface area contributed by atoms with Crippen molar-refractivity contribution in [3.8, 4) is 0 Å². The first kappa shape index (κ1) is 10.1. The lowest BCUT2D eigenvalue weighted by molar-refractivity contribution is 0.517. The van der Waals surface area contributed by atoms with Crippen LogP contribution in [0.5, 0.6) is 0 Å². The second kappa shape index (κ2) is 4.84. The van der Waals surface area contributed by atoms with E-state index < -0.39 is 0 Å². The Labute approximate surface area is 70.0 Å². The van der Waals surface area contributed by atoms with Crippen LogP contribution in [0.25, 0.3) is 0 Å². The van der Waals surface area contributed by atoms with Crippen molar-refractivity contribution in [1.29, 1.82) is 0 Å². The molecule has 60 valence electrons. The zero-order valence-electron chi connectivity index (χ0n) is 7.48. The summed E-state index contributed by atoms with van der Waals surface area (Å²) in [5.74, 6) is 1.45. The zero-order valence-corrected chi connectivity index (χ0v) is 8.29. The normalized spacial score (nSPS) is 13.7. The number of hydrogen-bond donors (Lipinski definition) is 0.